The maximum absolute atomic E-state index is 12.3. The van der Waals surface area contributed by atoms with Crippen molar-refractivity contribution in [2.45, 2.75) is 44.7 Å². The standard InChI is InChI=1S/C13H20N6O2/c14-13-16-10(17-18-13)7-15-11(20)9-3-1-2-6-19(9)12(21)8-4-5-8/h8-9H,1-7H2,(H,15,20)(H3,14,16,17,18). The molecule has 0 bridgehead atoms. The molecule has 2 aliphatic rings. The van der Waals surface area contributed by atoms with Crippen molar-refractivity contribution < 1.29 is 9.59 Å². The van der Waals surface area contributed by atoms with Gasteiger partial charge in [0, 0.05) is 12.5 Å². The van der Waals surface area contributed by atoms with E-state index in [4.69, 9.17) is 5.73 Å². The van der Waals surface area contributed by atoms with Gasteiger partial charge in [-0.15, -0.1) is 5.10 Å². The van der Waals surface area contributed by atoms with Gasteiger partial charge in [-0.25, -0.2) is 0 Å². The molecule has 1 saturated carbocycles. The van der Waals surface area contributed by atoms with E-state index >= 15 is 0 Å². The van der Waals surface area contributed by atoms with Crippen LogP contribution < -0.4 is 11.1 Å². The fraction of sp³-hybridized carbons (Fsp3) is 0.692. The van der Waals surface area contributed by atoms with Crippen LogP contribution in [0, 0.1) is 5.92 Å². The van der Waals surface area contributed by atoms with E-state index in [0.29, 0.717) is 12.4 Å². The SMILES string of the molecule is Nc1n[nH]c(CNC(=O)C2CCCCN2C(=O)C2CC2)n1. The first-order valence-corrected chi connectivity index (χ1v) is 7.40. The minimum atomic E-state index is -0.355. The highest BCUT2D eigenvalue weighted by Gasteiger charge is 2.39. The molecule has 1 aliphatic heterocycles. The van der Waals surface area contributed by atoms with Gasteiger partial charge in [0.25, 0.3) is 0 Å². The molecule has 1 aromatic rings. The predicted octanol–water partition coefficient (Wildman–Crippen LogP) is -0.206. The van der Waals surface area contributed by atoms with E-state index in [0.717, 1.165) is 32.1 Å². The van der Waals surface area contributed by atoms with E-state index in [1.54, 1.807) is 4.90 Å². The summed E-state index contributed by atoms with van der Waals surface area (Å²) >= 11 is 0. The van der Waals surface area contributed by atoms with Crippen LogP contribution in [-0.2, 0) is 16.1 Å². The molecule has 1 aromatic heterocycles. The molecule has 8 heteroatoms. The van der Waals surface area contributed by atoms with Gasteiger partial charge in [0.05, 0.1) is 6.54 Å². The molecule has 1 atom stereocenters. The van der Waals surface area contributed by atoms with Gasteiger partial charge < -0.3 is 16.0 Å². The van der Waals surface area contributed by atoms with Crippen molar-refractivity contribution >= 4 is 17.8 Å². The molecule has 2 heterocycles. The van der Waals surface area contributed by atoms with Crippen molar-refractivity contribution in [3.63, 3.8) is 0 Å². The average molecular weight is 292 g/mol. The lowest BCUT2D eigenvalue weighted by Crippen LogP contribution is -2.52. The number of hydrogen-bond acceptors (Lipinski definition) is 5. The molecule has 114 valence electrons. The van der Waals surface area contributed by atoms with Gasteiger partial charge >= 0.3 is 0 Å². The molecular formula is C13H20N6O2. The zero-order valence-electron chi connectivity index (χ0n) is 11.8. The highest BCUT2D eigenvalue weighted by Crippen LogP contribution is 2.33. The third-order valence-corrected chi connectivity index (χ3v) is 3.99. The van der Waals surface area contributed by atoms with Gasteiger partial charge in [-0.05, 0) is 32.1 Å². The molecule has 8 nitrogen and oxygen atoms in total. The van der Waals surface area contributed by atoms with Crippen LogP contribution in [-0.4, -0.2) is 44.5 Å². The Balaban J connectivity index is 1.59. The lowest BCUT2D eigenvalue weighted by atomic mass is 10.0. The van der Waals surface area contributed by atoms with E-state index in [1.807, 2.05) is 0 Å². The lowest BCUT2D eigenvalue weighted by Gasteiger charge is -2.34. The molecule has 2 fully saturated rings. The molecule has 3 rings (SSSR count). The summed E-state index contributed by atoms with van der Waals surface area (Å²) in [5.74, 6) is 0.823. The van der Waals surface area contributed by atoms with Gasteiger partial charge in [-0.3, -0.25) is 14.7 Å². The van der Waals surface area contributed by atoms with Crippen LogP contribution in [0.4, 0.5) is 5.95 Å². The van der Waals surface area contributed by atoms with Crippen molar-refractivity contribution in [1.29, 1.82) is 0 Å². The van der Waals surface area contributed by atoms with Gasteiger partial charge in [0.1, 0.15) is 11.9 Å². The zero-order chi connectivity index (χ0) is 14.8. The van der Waals surface area contributed by atoms with Crippen molar-refractivity contribution in [3.8, 4) is 0 Å². The Kier molecular flexibility index (Phi) is 3.76. The second-order valence-electron chi connectivity index (χ2n) is 5.68. The summed E-state index contributed by atoms with van der Waals surface area (Å²) < 4.78 is 0. The number of H-pyrrole nitrogens is 1. The molecule has 0 radical (unpaired) electrons. The number of carbonyl (C=O) groups is 2. The molecule has 1 saturated heterocycles. The van der Waals surface area contributed by atoms with Gasteiger partial charge in [0.2, 0.25) is 17.8 Å². The number of rotatable bonds is 4. The van der Waals surface area contributed by atoms with Crippen LogP contribution in [0.15, 0.2) is 0 Å². The third kappa shape index (κ3) is 3.14. The summed E-state index contributed by atoms with van der Waals surface area (Å²) in [5.41, 5.74) is 5.41. The Labute approximate surface area is 122 Å². The summed E-state index contributed by atoms with van der Waals surface area (Å²) in [5, 5.41) is 9.16. The number of nitrogens with two attached hydrogens (primary N) is 1. The molecule has 2 amide bonds. The van der Waals surface area contributed by atoms with E-state index in [2.05, 4.69) is 20.5 Å². The molecule has 1 unspecified atom stereocenters. The summed E-state index contributed by atoms with van der Waals surface area (Å²) in [6.07, 6.45) is 4.59. The molecule has 0 spiro atoms. The van der Waals surface area contributed by atoms with Gasteiger partial charge in [-0.2, -0.15) is 4.98 Å². The highest BCUT2D eigenvalue weighted by molar-refractivity contribution is 5.89. The summed E-state index contributed by atoms with van der Waals surface area (Å²) in [6.45, 7) is 0.924. The number of anilines is 1. The number of piperidine rings is 1. The quantitative estimate of drug-likeness (QED) is 0.710. The summed E-state index contributed by atoms with van der Waals surface area (Å²) in [4.78, 5) is 30.3. The number of hydrogen-bond donors (Lipinski definition) is 3. The fourth-order valence-electron chi connectivity index (χ4n) is 2.71. The Hall–Kier alpha value is -2.12. The maximum Gasteiger partial charge on any atom is 0.243 e. The number of likely N-dealkylation sites (tertiary alicyclic amines) is 1. The smallest absolute Gasteiger partial charge is 0.243 e. The monoisotopic (exact) mass is 292 g/mol. The highest BCUT2D eigenvalue weighted by atomic mass is 16.2. The van der Waals surface area contributed by atoms with Crippen LogP contribution >= 0.6 is 0 Å². The Bertz CT molecular complexity index is 539. The van der Waals surface area contributed by atoms with Crippen LogP contribution in [0.3, 0.4) is 0 Å². The van der Waals surface area contributed by atoms with E-state index in [1.165, 1.54) is 0 Å². The fourth-order valence-corrected chi connectivity index (χ4v) is 2.71. The molecule has 4 N–H and O–H groups in total. The Morgan fingerprint density at radius 1 is 1.33 bits per heavy atom. The number of amides is 2. The van der Waals surface area contributed by atoms with Crippen LogP contribution in [0.2, 0.25) is 0 Å². The van der Waals surface area contributed by atoms with Crippen LogP contribution in [0.1, 0.15) is 37.9 Å². The Morgan fingerprint density at radius 3 is 2.81 bits per heavy atom. The molecule has 0 aromatic carbocycles. The third-order valence-electron chi connectivity index (χ3n) is 3.99. The Morgan fingerprint density at radius 2 is 2.14 bits per heavy atom. The molecule has 1 aliphatic carbocycles. The van der Waals surface area contributed by atoms with Crippen molar-refractivity contribution in [2.24, 2.45) is 5.92 Å². The van der Waals surface area contributed by atoms with E-state index in [-0.39, 0.29) is 36.3 Å². The van der Waals surface area contributed by atoms with E-state index in [9.17, 15) is 9.59 Å². The second-order valence-corrected chi connectivity index (χ2v) is 5.68. The molecule has 21 heavy (non-hydrogen) atoms. The largest absolute Gasteiger partial charge is 0.367 e. The van der Waals surface area contributed by atoms with Crippen LogP contribution in [0.5, 0.6) is 0 Å². The van der Waals surface area contributed by atoms with Crippen molar-refractivity contribution in [2.75, 3.05) is 12.3 Å². The average Bonchev–Trinajstić information content (AvgIpc) is 3.27. The number of carbonyl (C=O) groups excluding carboxylic acids is 2. The molecular weight excluding hydrogens is 272 g/mol. The topological polar surface area (TPSA) is 117 Å². The number of nitrogens with one attached hydrogen (secondary N) is 2. The van der Waals surface area contributed by atoms with Crippen molar-refractivity contribution in [1.82, 2.24) is 25.4 Å². The minimum absolute atomic E-state index is 0.126. The number of aromatic nitrogens is 3. The summed E-state index contributed by atoms with van der Waals surface area (Å²) in [7, 11) is 0. The first-order chi connectivity index (χ1) is 10.1. The second kappa shape index (κ2) is 5.71. The summed E-state index contributed by atoms with van der Waals surface area (Å²) in [6, 6.07) is -0.355. The van der Waals surface area contributed by atoms with E-state index < -0.39 is 0 Å². The van der Waals surface area contributed by atoms with Crippen LogP contribution in [0.25, 0.3) is 0 Å². The zero-order valence-corrected chi connectivity index (χ0v) is 11.8. The van der Waals surface area contributed by atoms with Crippen molar-refractivity contribution in [3.05, 3.63) is 5.82 Å². The minimum Gasteiger partial charge on any atom is -0.367 e. The number of aromatic amines is 1. The predicted molar refractivity (Wildman–Crippen MR) is 74.7 cm³/mol. The van der Waals surface area contributed by atoms with Gasteiger partial charge in [-0.1, -0.05) is 0 Å². The number of nitrogens with zero attached hydrogens (tertiary/aromatic N) is 3. The first-order valence-electron chi connectivity index (χ1n) is 7.40. The maximum atomic E-state index is 12.3. The normalized spacial score (nSPS) is 22.1. The first kappa shape index (κ1) is 13.8. The van der Waals surface area contributed by atoms with Gasteiger partial charge in [0.15, 0.2) is 0 Å². The lowest BCUT2D eigenvalue weighted by molar-refractivity contribution is -0.143. The number of nitrogen functional groups attached to an aromatic ring is 1.